The summed E-state index contributed by atoms with van der Waals surface area (Å²) < 4.78 is 0. The van der Waals surface area contributed by atoms with Gasteiger partial charge < -0.3 is 11.1 Å². The summed E-state index contributed by atoms with van der Waals surface area (Å²) in [6.07, 6.45) is 0. The van der Waals surface area contributed by atoms with Gasteiger partial charge in [0.2, 0.25) is 0 Å². The van der Waals surface area contributed by atoms with Gasteiger partial charge >= 0.3 is 0 Å². The van der Waals surface area contributed by atoms with Crippen LogP contribution in [-0.4, -0.2) is 4.98 Å². The molecule has 1 heterocycles. The first-order chi connectivity index (χ1) is 8.29. The first-order valence-corrected chi connectivity index (χ1v) is 5.74. The third-order valence-corrected chi connectivity index (χ3v) is 2.69. The molecule has 3 heteroatoms. The average molecular weight is 227 g/mol. The van der Waals surface area contributed by atoms with E-state index in [9.17, 15) is 0 Å². The number of pyridine rings is 1. The molecule has 0 spiro atoms. The SMILES string of the molecule is Cc1cccc(NCc2ccccc2CN)n1. The molecule has 0 aliphatic heterocycles. The fourth-order valence-corrected chi connectivity index (χ4v) is 1.76. The monoisotopic (exact) mass is 227 g/mol. The van der Waals surface area contributed by atoms with Gasteiger partial charge in [0.15, 0.2) is 0 Å². The quantitative estimate of drug-likeness (QED) is 0.843. The maximum absolute atomic E-state index is 5.70. The topological polar surface area (TPSA) is 50.9 Å². The molecule has 17 heavy (non-hydrogen) atoms. The Labute approximate surface area is 102 Å². The van der Waals surface area contributed by atoms with Crippen molar-refractivity contribution in [1.82, 2.24) is 4.98 Å². The molecule has 0 bridgehead atoms. The molecule has 1 aromatic heterocycles. The largest absolute Gasteiger partial charge is 0.366 e. The third-order valence-electron chi connectivity index (χ3n) is 2.69. The smallest absolute Gasteiger partial charge is 0.126 e. The van der Waals surface area contributed by atoms with Crippen molar-refractivity contribution in [2.24, 2.45) is 5.73 Å². The Morgan fingerprint density at radius 2 is 1.82 bits per heavy atom. The highest BCUT2D eigenvalue weighted by Crippen LogP contribution is 2.11. The maximum atomic E-state index is 5.70. The molecule has 0 unspecified atom stereocenters. The minimum Gasteiger partial charge on any atom is -0.366 e. The molecule has 0 radical (unpaired) electrons. The molecule has 0 saturated heterocycles. The number of anilines is 1. The van der Waals surface area contributed by atoms with Gasteiger partial charge in [0.25, 0.3) is 0 Å². The molecule has 2 aromatic rings. The molecule has 2 rings (SSSR count). The molecule has 1 aromatic carbocycles. The molecule has 0 saturated carbocycles. The van der Waals surface area contributed by atoms with Crippen molar-refractivity contribution >= 4 is 5.82 Å². The normalized spacial score (nSPS) is 10.2. The predicted octanol–water partition coefficient (Wildman–Crippen LogP) is 2.46. The highest BCUT2D eigenvalue weighted by atomic mass is 15.0. The van der Waals surface area contributed by atoms with Crippen LogP contribution in [0, 0.1) is 6.92 Å². The van der Waals surface area contributed by atoms with Gasteiger partial charge in [-0.05, 0) is 30.2 Å². The number of rotatable bonds is 4. The third kappa shape index (κ3) is 3.04. The van der Waals surface area contributed by atoms with E-state index < -0.39 is 0 Å². The lowest BCUT2D eigenvalue weighted by Gasteiger charge is -2.09. The van der Waals surface area contributed by atoms with Crippen LogP contribution in [-0.2, 0) is 13.1 Å². The zero-order chi connectivity index (χ0) is 12.1. The molecule has 0 fully saturated rings. The minimum absolute atomic E-state index is 0.569. The van der Waals surface area contributed by atoms with Crippen molar-refractivity contribution in [2.45, 2.75) is 20.0 Å². The van der Waals surface area contributed by atoms with E-state index >= 15 is 0 Å². The second-order valence-corrected chi connectivity index (χ2v) is 3.99. The zero-order valence-corrected chi connectivity index (χ0v) is 9.98. The Morgan fingerprint density at radius 3 is 2.53 bits per heavy atom. The summed E-state index contributed by atoms with van der Waals surface area (Å²) in [4.78, 5) is 4.40. The Kier molecular flexibility index (Phi) is 3.73. The molecule has 0 amide bonds. The van der Waals surface area contributed by atoms with E-state index in [0.29, 0.717) is 6.54 Å². The summed E-state index contributed by atoms with van der Waals surface area (Å²) in [6.45, 7) is 3.31. The standard InChI is InChI=1S/C14H17N3/c1-11-5-4-8-14(17-11)16-10-13-7-3-2-6-12(13)9-15/h2-8H,9-10,15H2,1H3,(H,16,17). The van der Waals surface area contributed by atoms with E-state index in [0.717, 1.165) is 18.1 Å². The van der Waals surface area contributed by atoms with Crippen molar-refractivity contribution < 1.29 is 0 Å². The lowest BCUT2D eigenvalue weighted by Crippen LogP contribution is -2.07. The summed E-state index contributed by atoms with van der Waals surface area (Å²) in [5.41, 5.74) is 9.11. The second kappa shape index (κ2) is 5.46. The Morgan fingerprint density at radius 1 is 1.06 bits per heavy atom. The Balaban J connectivity index is 2.07. The van der Waals surface area contributed by atoms with E-state index in [1.165, 1.54) is 11.1 Å². The van der Waals surface area contributed by atoms with Gasteiger partial charge in [-0.25, -0.2) is 4.98 Å². The summed E-state index contributed by atoms with van der Waals surface area (Å²) in [5.74, 6) is 0.900. The van der Waals surface area contributed by atoms with E-state index in [1.807, 2.05) is 37.3 Å². The lowest BCUT2D eigenvalue weighted by molar-refractivity contribution is 0.999. The summed E-state index contributed by atoms with van der Waals surface area (Å²) in [7, 11) is 0. The van der Waals surface area contributed by atoms with Crippen molar-refractivity contribution in [3.05, 3.63) is 59.3 Å². The number of aryl methyl sites for hydroxylation is 1. The predicted molar refractivity (Wildman–Crippen MR) is 70.6 cm³/mol. The van der Waals surface area contributed by atoms with Gasteiger partial charge in [0, 0.05) is 18.8 Å². The molecular weight excluding hydrogens is 210 g/mol. The van der Waals surface area contributed by atoms with Gasteiger partial charge in [0.1, 0.15) is 5.82 Å². The van der Waals surface area contributed by atoms with E-state index in [2.05, 4.69) is 22.4 Å². The van der Waals surface area contributed by atoms with E-state index in [-0.39, 0.29) is 0 Å². The van der Waals surface area contributed by atoms with Gasteiger partial charge in [-0.1, -0.05) is 30.3 Å². The molecule has 0 aliphatic carbocycles. The molecule has 3 N–H and O–H groups in total. The number of nitrogens with two attached hydrogens (primary N) is 1. The van der Waals surface area contributed by atoms with Gasteiger partial charge in [-0.15, -0.1) is 0 Å². The molecular formula is C14H17N3. The van der Waals surface area contributed by atoms with Crippen LogP contribution in [0.1, 0.15) is 16.8 Å². The second-order valence-electron chi connectivity index (χ2n) is 3.99. The van der Waals surface area contributed by atoms with Crippen LogP contribution in [0.3, 0.4) is 0 Å². The fourth-order valence-electron chi connectivity index (χ4n) is 1.76. The number of hydrogen-bond acceptors (Lipinski definition) is 3. The van der Waals surface area contributed by atoms with Gasteiger partial charge in [-0.3, -0.25) is 0 Å². The highest BCUT2D eigenvalue weighted by Gasteiger charge is 2.00. The number of nitrogens with zero attached hydrogens (tertiary/aromatic N) is 1. The highest BCUT2D eigenvalue weighted by molar-refractivity contribution is 5.38. The van der Waals surface area contributed by atoms with Crippen molar-refractivity contribution in [2.75, 3.05) is 5.32 Å². The van der Waals surface area contributed by atoms with E-state index in [1.54, 1.807) is 0 Å². The first kappa shape index (κ1) is 11.6. The van der Waals surface area contributed by atoms with Crippen LogP contribution < -0.4 is 11.1 Å². The van der Waals surface area contributed by atoms with Crippen molar-refractivity contribution in [3.8, 4) is 0 Å². The van der Waals surface area contributed by atoms with Crippen LogP contribution in [0.25, 0.3) is 0 Å². The average Bonchev–Trinajstić information content (AvgIpc) is 2.37. The fraction of sp³-hybridized carbons (Fsp3) is 0.214. The van der Waals surface area contributed by atoms with Crippen molar-refractivity contribution in [1.29, 1.82) is 0 Å². The molecule has 88 valence electrons. The summed E-state index contributed by atoms with van der Waals surface area (Å²) >= 11 is 0. The van der Waals surface area contributed by atoms with Gasteiger partial charge in [-0.2, -0.15) is 0 Å². The lowest BCUT2D eigenvalue weighted by atomic mass is 10.1. The number of aromatic nitrogens is 1. The number of benzene rings is 1. The molecule has 0 atom stereocenters. The summed E-state index contributed by atoms with van der Waals surface area (Å²) in [5, 5.41) is 3.31. The van der Waals surface area contributed by atoms with Crippen LogP contribution in [0.15, 0.2) is 42.5 Å². The Hall–Kier alpha value is -1.87. The maximum Gasteiger partial charge on any atom is 0.126 e. The zero-order valence-electron chi connectivity index (χ0n) is 9.98. The van der Waals surface area contributed by atoms with Crippen LogP contribution in [0.4, 0.5) is 5.82 Å². The molecule has 3 nitrogen and oxygen atoms in total. The minimum atomic E-state index is 0.569. The van der Waals surface area contributed by atoms with Gasteiger partial charge in [0.05, 0.1) is 0 Å². The Bertz CT molecular complexity index is 494. The van der Waals surface area contributed by atoms with Crippen LogP contribution in [0.2, 0.25) is 0 Å². The van der Waals surface area contributed by atoms with Crippen molar-refractivity contribution in [3.63, 3.8) is 0 Å². The number of nitrogens with one attached hydrogen (secondary N) is 1. The molecule has 0 aliphatic rings. The first-order valence-electron chi connectivity index (χ1n) is 5.74. The van der Waals surface area contributed by atoms with E-state index in [4.69, 9.17) is 5.73 Å². The van der Waals surface area contributed by atoms with Crippen LogP contribution in [0.5, 0.6) is 0 Å². The summed E-state index contributed by atoms with van der Waals surface area (Å²) in [6, 6.07) is 14.1. The van der Waals surface area contributed by atoms with Crippen LogP contribution >= 0.6 is 0 Å². The number of hydrogen-bond donors (Lipinski definition) is 2.